The van der Waals surface area contributed by atoms with E-state index < -0.39 is 8.32 Å². The minimum Gasteiger partial charge on any atom is -0.498 e. The fourth-order valence-electron chi connectivity index (χ4n) is 4.60. The van der Waals surface area contributed by atoms with Crippen LogP contribution < -0.4 is 0 Å². The maximum absolute atomic E-state index is 6.91. The highest BCUT2D eigenvalue weighted by Crippen LogP contribution is 2.57. The third-order valence-electron chi connectivity index (χ3n) is 7.25. The van der Waals surface area contributed by atoms with Crippen LogP contribution in [0.2, 0.25) is 28.2 Å². The van der Waals surface area contributed by atoms with Crippen LogP contribution in [0.3, 0.4) is 0 Å². The number of benzene rings is 2. The topological polar surface area (TPSA) is 21.7 Å². The predicted molar refractivity (Wildman–Crippen MR) is 152 cm³/mol. The van der Waals surface area contributed by atoms with Gasteiger partial charge in [-0.05, 0) is 78.0 Å². The molecule has 0 unspecified atom stereocenters. The van der Waals surface area contributed by atoms with E-state index in [0.717, 1.165) is 40.1 Å². The minimum atomic E-state index is -1.91. The lowest BCUT2D eigenvalue weighted by molar-refractivity contribution is 0.162. The number of fused-ring (bicyclic) bond motifs is 1. The molecule has 2 aliphatic heterocycles. The second-order valence-corrected chi connectivity index (χ2v) is 18.3. The zero-order valence-electron chi connectivity index (χ0n) is 20.5. The molecule has 0 amide bonds. The molecule has 2 heterocycles. The molecule has 0 aliphatic carbocycles. The third kappa shape index (κ3) is 5.15. The molecule has 0 saturated carbocycles. The quantitative estimate of drug-likeness (QED) is 0.244. The summed E-state index contributed by atoms with van der Waals surface area (Å²) in [4.78, 5) is 1.08. The molecule has 4 rings (SSSR count). The van der Waals surface area contributed by atoms with Gasteiger partial charge in [0.25, 0.3) is 0 Å². The number of rotatable bonds is 6. The van der Waals surface area contributed by atoms with Gasteiger partial charge in [-0.2, -0.15) is 0 Å². The largest absolute Gasteiger partial charge is 0.498 e. The zero-order valence-corrected chi connectivity index (χ0v) is 25.5. The number of halogens is 3. The van der Waals surface area contributed by atoms with Crippen LogP contribution in [0.25, 0.3) is 4.91 Å². The molecule has 2 aliphatic rings. The van der Waals surface area contributed by atoms with Gasteiger partial charge in [0.2, 0.25) is 0 Å². The first-order valence-corrected chi connectivity index (χ1v) is 16.7. The number of hydrogen-bond donors (Lipinski definition) is 0. The molecule has 0 spiro atoms. The highest BCUT2D eigenvalue weighted by molar-refractivity contribution is 9.10. The zero-order chi connectivity index (χ0) is 24.9. The van der Waals surface area contributed by atoms with Crippen molar-refractivity contribution in [2.45, 2.75) is 63.4 Å². The van der Waals surface area contributed by atoms with E-state index in [4.69, 9.17) is 32.4 Å². The summed E-state index contributed by atoms with van der Waals surface area (Å²) in [6, 6.07) is 14.3. The number of hydrogen-bond acceptors (Lipinski definition) is 4. The summed E-state index contributed by atoms with van der Waals surface area (Å²) in [7, 11) is -0.137. The number of methoxy groups -OCH3 is 1. The average Bonchev–Trinajstić information content (AvgIpc) is 3.18. The van der Waals surface area contributed by atoms with Gasteiger partial charge in [0.05, 0.1) is 23.7 Å². The van der Waals surface area contributed by atoms with Crippen LogP contribution in [0.1, 0.15) is 38.3 Å². The van der Waals surface area contributed by atoms with Crippen molar-refractivity contribution in [3.8, 4) is 0 Å². The van der Waals surface area contributed by atoms with Crippen molar-refractivity contribution >= 4 is 64.3 Å². The van der Waals surface area contributed by atoms with Gasteiger partial charge in [-0.3, -0.25) is 0 Å². The second-order valence-electron chi connectivity index (χ2n) is 10.7. The van der Waals surface area contributed by atoms with Crippen molar-refractivity contribution in [3.63, 3.8) is 0 Å². The first-order chi connectivity index (χ1) is 15.8. The van der Waals surface area contributed by atoms with Crippen LogP contribution in [0, 0.1) is 0 Å². The fourth-order valence-corrected chi connectivity index (χ4v) is 8.17. The standard InChI is InChI=1S/C26H32BrCl2NO2SSi/c1-25(2,3)34(5,6)32-22-15-26(14-17-7-9-19(27)10-8-17)24(31-4)23(33-30(26)16-22)18-11-20(28)13-21(29)12-18/h7-13,22H,14-16H2,1-6H3/t22-,26+/m1/s1. The number of nitrogens with zero attached hydrogens (tertiary/aromatic N) is 1. The molecule has 0 N–H and O–H groups in total. The second kappa shape index (κ2) is 9.77. The molecular formula is C26H32BrCl2NO2SSi. The molecule has 1 fully saturated rings. The van der Waals surface area contributed by atoms with Gasteiger partial charge in [0.1, 0.15) is 5.76 Å². The van der Waals surface area contributed by atoms with Gasteiger partial charge in [-0.15, -0.1) is 0 Å². The Hall–Kier alpha value is -0.473. The van der Waals surface area contributed by atoms with E-state index >= 15 is 0 Å². The first kappa shape index (κ1) is 26.6. The predicted octanol–water partition coefficient (Wildman–Crippen LogP) is 8.81. The third-order valence-corrected chi connectivity index (χ3v) is 14.1. The molecule has 2 aromatic rings. The molecule has 0 bridgehead atoms. The Morgan fingerprint density at radius 3 is 2.29 bits per heavy atom. The Morgan fingerprint density at radius 2 is 1.74 bits per heavy atom. The van der Waals surface area contributed by atoms with Gasteiger partial charge < -0.3 is 9.16 Å². The summed E-state index contributed by atoms with van der Waals surface area (Å²) in [5.41, 5.74) is 1.96. The van der Waals surface area contributed by atoms with Gasteiger partial charge in [0, 0.05) is 27.5 Å². The van der Waals surface area contributed by atoms with Crippen LogP contribution in [-0.2, 0) is 15.6 Å². The average molecular weight is 602 g/mol. The van der Waals surface area contributed by atoms with E-state index in [0.29, 0.717) is 10.0 Å². The molecule has 1 saturated heterocycles. The van der Waals surface area contributed by atoms with Crippen molar-refractivity contribution in [1.29, 1.82) is 0 Å². The van der Waals surface area contributed by atoms with Crippen LogP contribution in [0.15, 0.2) is 52.7 Å². The summed E-state index contributed by atoms with van der Waals surface area (Å²) in [6.45, 7) is 12.4. The maximum Gasteiger partial charge on any atom is 0.192 e. The molecular weight excluding hydrogens is 569 g/mol. The minimum absolute atomic E-state index is 0.151. The summed E-state index contributed by atoms with van der Waals surface area (Å²) in [5, 5.41) is 1.41. The fraction of sp³-hybridized carbons (Fsp3) is 0.462. The Bertz CT molecular complexity index is 1080. The lowest BCUT2D eigenvalue weighted by Gasteiger charge is -2.38. The molecule has 8 heteroatoms. The van der Waals surface area contributed by atoms with Crippen molar-refractivity contribution in [2.75, 3.05) is 13.7 Å². The highest BCUT2D eigenvalue weighted by Gasteiger charge is 2.57. The Labute approximate surface area is 227 Å². The van der Waals surface area contributed by atoms with Gasteiger partial charge in [-0.1, -0.05) is 72.0 Å². The molecule has 3 nitrogen and oxygen atoms in total. The summed E-state index contributed by atoms with van der Waals surface area (Å²) >= 11 is 18.0. The summed E-state index contributed by atoms with van der Waals surface area (Å²) in [5.74, 6) is 0.972. The van der Waals surface area contributed by atoms with Crippen LogP contribution >= 0.6 is 51.1 Å². The molecule has 34 heavy (non-hydrogen) atoms. The van der Waals surface area contributed by atoms with Crippen molar-refractivity contribution < 1.29 is 9.16 Å². The first-order valence-electron chi connectivity index (χ1n) is 11.5. The Morgan fingerprint density at radius 1 is 1.12 bits per heavy atom. The van der Waals surface area contributed by atoms with Crippen LogP contribution in [0.5, 0.6) is 0 Å². The van der Waals surface area contributed by atoms with E-state index in [-0.39, 0.29) is 16.7 Å². The molecule has 2 atom stereocenters. The van der Waals surface area contributed by atoms with E-state index in [1.807, 2.05) is 12.1 Å². The van der Waals surface area contributed by atoms with Gasteiger partial charge >= 0.3 is 0 Å². The van der Waals surface area contributed by atoms with E-state index in [1.165, 1.54) is 5.56 Å². The van der Waals surface area contributed by atoms with Crippen molar-refractivity contribution in [1.82, 2.24) is 4.31 Å². The van der Waals surface area contributed by atoms with Gasteiger partial charge in [-0.25, -0.2) is 4.31 Å². The van der Waals surface area contributed by atoms with E-state index in [1.54, 1.807) is 25.1 Å². The molecule has 0 aromatic heterocycles. The Kier molecular flexibility index (Phi) is 7.64. The number of ether oxygens (including phenoxy) is 1. The van der Waals surface area contributed by atoms with Crippen molar-refractivity contribution in [2.24, 2.45) is 0 Å². The lowest BCUT2D eigenvalue weighted by atomic mass is 9.85. The summed E-state index contributed by atoms with van der Waals surface area (Å²) in [6.07, 6.45) is 1.87. The molecule has 0 radical (unpaired) electrons. The van der Waals surface area contributed by atoms with Crippen LogP contribution in [0.4, 0.5) is 0 Å². The van der Waals surface area contributed by atoms with Gasteiger partial charge in [0.15, 0.2) is 8.32 Å². The van der Waals surface area contributed by atoms with E-state index in [9.17, 15) is 0 Å². The molecule has 2 aromatic carbocycles. The van der Waals surface area contributed by atoms with E-state index in [2.05, 4.69) is 78.4 Å². The van der Waals surface area contributed by atoms with Crippen molar-refractivity contribution in [3.05, 3.63) is 73.9 Å². The maximum atomic E-state index is 6.91. The molecule has 184 valence electrons. The SMILES string of the molecule is COC1=C(c2cc(Cl)cc(Cl)c2)SN2C[C@H](O[Si](C)(C)C(C)(C)C)C[C@@]12Cc1ccc(Br)cc1. The van der Waals surface area contributed by atoms with Crippen LogP contribution in [-0.4, -0.2) is 37.9 Å². The highest BCUT2D eigenvalue weighted by atomic mass is 79.9. The lowest BCUT2D eigenvalue weighted by Crippen LogP contribution is -2.44. The monoisotopic (exact) mass is 599 g/mol. The summed E-state index contributed by atoms with van der Waals surface area (Å²) < 4.78 is 16.6. The Balaban J connectivity index is 1.76. The smallest absolute Gasteiger partial charge is 0.192 e. The normalized spacial score (nSPS) is 23.5.